The maximum atomic E-state index is 12.6. The van der Waals surface area contributed by atoms with Gasteiger partial charge in [-0.15, -0.1) is 11.3 Å². The summed E-state index contributed by atoms with van der Waals surface area (Å²) in [5, 5.41) is 4.84. The Bertz CT molecular complexity index is 910. The number of methoxy groups -OCH3 is 1. The van der Waals surface area contributed by atoms with E-state index in [0.29, 0.717) is 38.1 Å². The van der Waals surface area contributed by atoms with Crippen molar-refractivity contribution in [2.75, 3.05) is 18.2 Å². The number of hydrogen-bond donors (Lipinski definition) is 2. The van der Waals surface area contributed by atoms with Crippen LogP contribution in [0.15, 0.2) is 23.8 Å². The summed E-state index contributed by atoms with van der Waals surface area (Å²) in [5.41, 5.74) is 8.15. The van der Waals surface area contributed by atoms with Crippen LogP contribution >= 0.6 is 22.9 Å². The van der Waals surface area contributed by atoms with Crippen molar-refractivity contribution in [1.29, 1.82) is 0 Å². The van der Waals surface area contributed by atoms with Gasteiger partial charge in [0.1, 0.15) is 22.9 Å². The van der Waals surface area contributed by atoms with E-state index >= 15 is 0 Å². The predicted molar refractivity (Wildman–Crippen MR) is 92.5 cm³/mol. The number of nitrogens with zero attached hydrogens (tertiary/aromatic N) is 2. The number of halogens is 1. The molecule has 0 saturated heterocycles. The SMILES string of the molecule is COc1cc(C)cc(NC(=O)c2csc3c(N)ncnc23)c1Cl. The summed E-state index contributed by atoms with van der Waals surface area (Å²) in [6.07, 6.45) is 1.34. The highest BCUT2D eigenvalue weighted by molar-refractivity contribution is 7.18. The van der Waals surface area contributed by atoms with Crippen LogP contribution in [0.25, 0.3) is 10.2 Å². The fourth-order valence-electron chi connectivity index (χ4n) is 2.19. The second kappa shape index (κ2) is 6.02. The molecule has 3 aromatic rings. The van der Waals surface area contributed by atoms with E-state index < -0.39 is 0 Å². The van der Waals surface area contributed by atoms with Gasteiger partial charge in [-0.1, -0.05) is 11.6 Å². The lowest BCUT2D eigenvalue weighted by Gasteiger charge is -2.11. The van der Waals surface area contributed by atoms with E-state index in [-0.39, 0.29) is 5.91 Å². The fourth-order valence-corrected chi connectivity index (χ4v) is 3.33. The number of benzene rings is 1. The van der Waals surface area contributed by atoms with Gasteiger partial charge in [-0.3, -0.25) is 4.79 Å². The molecule has 0 aliphatic rings. The molecular formula is C15H13ClN4O2S. The Balaban J connectivity index is 1.99. The number of carbonyl (C=O) groups excluding carboxylic acids is 1. The van der Waals surface area contributed by atoms with Gasteiger partial charge in [0.05, 0.1) is 28.6 Å². The van der Waals surface area contributed by atoms with Crippen LogP contribution in [0.4, 0.5) is 11.5 Å². The Morgan fingerprint density at radius 1 is 1.39 bits per heavy atom. The number of anilines is 2. The minimum absolute atomic E-state index is 0.316. The molecule has 0 bridgehead atoms. The van der Waals surface area contributed by atoms with E-state index in [0.717, 1.165) is 5.56 Å². The molecule has 0 spiro atoms. The third kappa shape index (κ3) is 2.80. The quantitative estimate of drug-likeness (QED) is 0.756. The standard InChI is InChI=1S/C15H13ClN4O2S/c1-7-3-9(11(16)10(4-7)22-2)20-15(21)8-5-23-13-12(8)18-6-19-14(13)17/h3-6H,1-2H3,(H,20,21)(H2,17,18,19). The van der Waals surface area contributed by atoms with Gasteiger partial charge >= 0.3 is 0 Å². The lowest BCUT2D eigenvalue weighted by Crippen LogP contribution is -2.12. The van der Waals surface area contributed by atoms with Crippen molar-refractivity contribution in [3.8, 4) is 5.75 Å². The highest BCUT2D eigenvalue weighted by Gasteiger charge is 2.18. The normalized spacial score (nSPS) is 10.7. The second-order valence-electron chi connectivity index (χ2n) is 4.87. The zero-order valence-corrected chi connectivity index (χ0v) is 14.0. The molecule has 0 fully saturated rings. The smallest absolute Gasteiger partial charge is 0.258 e. The molecule has 23 heavy (non-hydrogen) atoms. The molecule has 0 aliphatic carbocycles. The minimum Gasteiger partial charge on any atom is -0.495 e. The molecule has 0 aliphatic heterocycles. The van der Waals surface area contributed by atoms with Gasteiger partial charge < -0.3 is 15.8 Å². The van der Waals surface area contributed by atoms with Gasteiger partial charge in [-0.2, -0.15) is 0 Å². The zero-order chi connectivity index (χ0) is 16.6. The summed E-state index contributed by atoms with van der Waals surface area (Å²) in [6.45, 7) is 1.89. The summed E-state index contributed by atoms with van der Waals surface area (Å²) in [7, 11) is 1.53. The minimum atomic E-state index is -0.316. The molecule has 0 unspecified atom stereocenters. The fraction of sp³-hybridized carbons (Fsp3) is 0.133. The Morgan fingerprint density at radius 3 is 2.91 bits per heavy atom. The van der Waals surface area contributed by atoms with Crippen LogP contribution < -0.4 is 15.8 Å². The number of thiophene rings is 1. The predicted octanol–water partition coefficient (Wildman–Crippen LogP) is 3.50. The first-order chi connectivity index (χ1) is 11.0. The Kier molecular flexibility index (Phi) is 4.06. The average Bonchev–Trinajstić information content (AvgIpc) is 2.96. The second-order valence-corrected chi connectivity index (χ2v) is 6.13. The molecule has 3 rings (SSSR count). The van der Waals surface area contributed by atoms with E-state index in [2.05, 4.69) is 15.3 Å². The number of carbonyl (C=O) groups is 1. The topological polar surface area (TPSA) is 90.1 Å². The number of aryl methyl sites for hydroxylation is 1. The molecule has 6 nitrogen and oxygen atoms in total. The van der Waals surface area contributed by atoms with Gasteiger partial charge in [0, 0.05) is 5.38 Å². The molecule has 0 atom stereocenters. The summed E-state index contributed by atoms with van der Waals surface area (Å²) in [5.74, 6) is 0.543. The maximum Gasteiger partial charge on any atom is 0.258 e. The van der Waals surface area contributed by atoms with E-state index in [9.17, 15) is 4.79 Å². The number of nitrogens with two attached hydrogens (primary N) is 1. The van der Waals surface area contributed by atoms with E-state index in [1.165, 1.54) is 24.8 Å². The van der Waals surface area contributed by atoms with Crippen LogP contribution in [0, 0.1) is 6.92 Å². The van der Waals surface area contributed by atoms with Crippen LogP contribution in [0.5, 0.6) is 5.75 Å². The van der Waals surface area contributed by atoms with Crippen molar-refractivity contribution in [3.63, 3.8) is 0 Å². The van der Waals surface area contributed by atoms with Crippen LogP contribution in [-0.2, 0) is 0 Å². The summed E-state index contributed by atoms with van der Waals surface area (Å²) >= 11 is 7.57. The average molecular weight is 349 g/mol. The number of ether oxygens (including phenoxy) is 1. The monoisotopic (exact) mass is 348 g/mol. The number of nitrogen functional groups attached to an aromatic ring is 1. The van der Waals surface area contributed by atoms with E-state index in [4.69, 9.17) is 22.1 Å². The zero-order valence-electron chi connectivity index (χ0n) is 12.4. The van der Waals surface area contributed by atoms with Gasteiger partial charge in [0.15, 0.2) is 0 Å². The van der Waals surface area contributed by atoms with Crippen molar-refractivity contribution in [2.24, 2.45) is 0 Å². The number of rotatable bonds is 3. The molecular weight excluding hydrogens is 336 g/mol. The molecule has 0 saturated carbocycles. The summed E-state index contributed by atoms with van der Waals surface area (Å²) < 4.78 is 5.89. The van der Waals surface area contributed by atoms with Crippen LogP contribution in [0.3, 0.4) is 0 Å². The molecule has 2 heterocycles. The van der Waals surface area contributed by atoms with Crippen molar-refractivity contribution < 1.29 is 9.53 Å². The van der Waals surface area contributed by atoms with Gasteiger partial charge in [-0.05, 0) is 24.6 Å². The first-order valence-electron chi connectivity index (χ1n) is 6.64. The van der Waals surface area contributed by atoms with E-state index in [1.54, 1.807) is 17.5 Å². The van der Waals surface area contributed by atoms with Crippen LogP contribution in [-0.4, -0.2) is 23.0 Å². The van der Waals surface area contributed by atoms with Crippen LogP contribution in [0.1, 0.15) is 15.9 Å². The first kappa shape index (κ1) is 15.5. The summed E-state index contributed by atoms with van der Waals surface area (Å²) in [6, 6.07) is 3.58. The number of hydrogen-bond acceptors (Lipinski definition) is 6. The van der Waals surface area contributed by atoms with Gasteiger partial charge in [0.25, 0.3) is 5.91 Å². The Labute approximate surface area is 141 Å². The third-order valence-corrected chi connectivity index (χ3v) is 4.66. The van der Waals surface area contributed by atoms with Gasteiger partial charge in [0.2, 0.25) is 0 Å². The number of aromatic nitrogens is 2. The molecule has 1 amide bonds. The molecule has 2 aromatic heterocycles. The Hall–Kier alpha value is -2.38. The lowest BCUT2D eigenvalue weighted by atomic mass is 10.2. The van der Waals surface area contributed by atoms with Crippen LogP contribution in [0.2, 0.25) is 5.02 Å². The molecule has 3 N–H and O–H groups in total. The molecule has 118 valence electrons. The third-order valence-electron chi connectivity index (χ3n) is 3.28. The highest BCUT2D eigenvalue weighted by Crippen LogP contribution is 2.34. The molecule has 8 heteroatoms. The molecule has 0 radical (unpaired) electrons. The van der Waals surface area contributed by atoms with Crippen molar-refractivity contribution in [3.05, 3.63) is 40.0 Å². The highest BCUT2D eigenvalue weighted by atomic mass is 35.5. The van der Waals surface area contributed by atoms with Crippen molar-refractivity contribution in [2.45, 2.75) is 6.92 Å². The largest absolute Gasteiger partial charge is 0.495 e. The summed E-state index contributed by atoms with van der Waals surface area (Å²) in [4.78, 5) is 20.6. The maximum absolute atomic E-state index is 12.6. The lowest BCUT2D eigenvalue weighted by molar-refractivity contribution is 0.102. The molecule has 1 aromatic carbocycles. The van der Waals surface area contributed by atoms with Crippen molar-refractivity contribution >= 4 is 50.6 Å². The van der Waals surface area contributed by atoms with E-state index in [1.807, 2.05) is 6.92 Å². The number of amides is 1. The Morgan fingerprint density at radius 2 is 2.17 bits per heavy atom. The number of fused-ring (bicyclic) bond motifs is 1. The van der Waals surface area contributed by atoms with Gasteiger partial charge in [-0.25, -0.2) is 9.97 Å². The van der Waals surface area contributed by atoms with Crippen molar-refractivity contribution in [1.82, 2.24) is 9.97 Å². The number of nitrogens with one attached hydrogen (secondary N) is 1. The first-order valence-corrected chi connectivity index (χ1v) is 7.90.